The Balaban J connectivity index is 1.28. The van der Waals surface area contributed by atoms with Crippen LogP contribution in [0.1, 0.15) is 27.0 Å². The van der Waals surface area contributed by atoms with Crippen molar-refractivity contribution in [1.82, 2.24) is 19.3 Å². The summed E-state index contributed by atoms with van der Waals surface area (Å²) >= 11 is 0. The first-order valence-electron chi connectivity index (χ1n) is 15.6. The molecule has 0 aliphatic heterocycles. The van der Waals surface area contributed by atoms with E-state index >= 15 is 0 Å². The van der Waals surface area contributed by atoms with E-state index in [1.54, 1.807) is 71.2 Å². The topological polar surface area (TPSA) is 146 Å². The van der Waals surface area contributed by atoms with Crippen LogP contribution in [0.4, 0.5) is 0 Å². The van der Waals surface area contributed by atoms with Gasteiger partial charge in [0, 0.05) is 43.9 Å². The Morgan fingerprint density at radius 2 is 1.27 bits per heavy atom. The smallest absolute Gasteiger partial charge is 0.257 e. The number of aryl methyl sites for hydroxylation is 1. The number of nitrogens with zero attached hydrogens (tertiary/aromatic N) is 4. The van der Waals surface area contributed by atoms with Crippen molar-refractivity contribution >= 4 is 31.4 Å². The number of aromatic nitrogens is 3. The van der Waals surface area contributed by atoms with E-state index in [2.05, 4.69) is 9.97 Å². The number of amides is 1. The molecule has 0 N–H and O–H groups in total. The molecule has 0 saturated carbocycles. The molecule has 12 nitrogen and oxygen atoms in total. The van der Waals surface area contributed by atoms with Gasteiger partial charge in [0.25, 0.3) is 5.91 Å². The van der Waals surface area contributed by atoms with Gasteiger partial charge in [-0.2, -0.15) is 0 Å². The molecule has 6 aromatic rings. The van der Waals surface area contributed by atoms with Crippen LogP contribution >= 0.6 is 0 Å². The summed E-state index contributed by atoms with van der Waals surface area (Å²) in [5, 5.41) is 0. The zero-order chi connectivity index (χ0) is 36.3. The number of ether oxygens (including phenoxy) is 3. The van der Waals surface area contributed by atoms with E-state index < -0.39 is 19.7 Å². The molecule has 262 valence electrons. The summed E-state index contributed by atoms with van der Waals surface area (Å²) in [7, 11) is -3.37. The summed E-state index contributed by atoms with van der Waals surface area (Å²) < 4.78 is 71.3. The molecule has 14 heteroatoms. The lowest BCUT2D eigenvalue weighted by molar-refractivity contribution is 0.0729. The number of hydrogen-bond acceptors (Lipinski definition) is 10. The molecule has 51 heavy (non-hydrogen) atoms. The Bertz CT molecular complexity index is 2450. The van der Waals surface area contributed by atoms with Crippen molar-refractivity contribution in [1.29, 1.82) is 0 Å². The van der Waals surface area contributed by atoms with Crippen molar-refractivity contribution in [3.8, 4) is 17.2 Å². The van der Waals surface area contributed by atoms with Gasteiger partial charge in [0.15, 0.2) is 11.5 Å². The van der Waals surface area contributed by atoms with Gasteiger partial charge in [-0.3, -0.25) is 9.20 Å². The Hall–Kier alpha value is -5.73. The van der Waals surface area contributed by atoms with Gasteiger partial charge in [0.05, 0.1) is 46.5 Å². The van der Waals surface area contributed by atoms with Crippen molar-refractivity contribution in [3.63, 3.8) is 0 Å². The average Bonchev–Trinajstić information content (AvgIpc) is 3.62. The van der Waals surface area contributed by atoms with Gasteiger partial charge in [-0.25, -0.2) is 26.8 Å². The Labute approximate surface area is 295 Å². The van der Waals surface area contributed by atoms with Crippen molar-refractivity contribution in [3.05, 3.63) is 132 Å². The lowest BCUT2D eigenvalue weighted by Crippen LogP contribution is -2.30. The third kappa shape index (κ3) is 7.28. The number of imidazole rings is 1. The minimum absolute atomic E-state index is 0.0408. The first-order valence-corrected chi connectivity index (χ1v) is 18.5. The zero-order valence-corrected chi connectivity index (χ0v) is 29.8. The van der Waals surface area contributed by atoms with Crippen molar-refractivity contribution < 1.29 is 35.8 Å². The predicted octanol–water partition coefficient (Wildman–Crippen LogP) is 5.57. The SMILES string of the molecule is COc1cc(C)cc(S(=O)(=O)c2ccc(CN(Cc3ccc(S(=O)(=O)c4ccc(OC)c(OC)c4)cc3)C(=O)c3cnc4nccn4c3)cc2)c1. The fraction of sp³-hybridized carbons (Fsp3) is 0.162. The van der Waals surface area contributed by atoms with E-state index in [4.69, 9.17) is 14.2 Å². The molecule has 4 aromatic carbocycles. The minimum atomic E-state index is -3.90. The van der Waals surface area contributed by atoms with Gasteiger partial charge < -0.3 is 19.1 Å². The summed E-state index contributed by atoms with van der Waals surface area (Å²) in [5.74, 6) is 1.22. The fourth-order valence-electron chi connectivity index (χ4n) is 5.54. The number of methoxy groups -OCH3 is 3. The van der Waals surface area contributed by atoms with Gasteiger partial charge in [-0.05, 0) is 78.2 Å². The molecule has 0 aliphatic carbocycles. The number of fused-ring (bicyclic) bond motifs is 1. The third-order valence-electron chi connectivity index (χ3n) is 8.23. The minimum Gasteiger partial charge on any atom is -0.497 e. The second kappa shape index (κ2) is 14.2. The summed E-state index contributed by atoms with van der Waals surface area (Å²) in [6, 6.07) is 21.8. The molecule has 6 rings (SSSR count). The van der Waals surface area contributed by atoms with Crippen LogP contribution < -0.4 is 14.2 Å². The lowest BCUT2D eigenvalue weighted by Gasteiger charge is -2.23. The standard InChI is InChI=1S/C37H34N4O8S2/c1-25-17-29(47-2)19-33(18-25)51(45,46)31-11-7-27(8-12-31)23-41(36(42)28-21-39-37-38-15-16-40(37)24-28)22-26-5-9-30(10-6-26)50(43,44)32-13-14-34(48-3)35(20-32)49-4/h5-21,24H,22-23H2,1-4H3. The number of carbonyl (C=O) groups excluding carboxylic acids is 1. The molecule has 2 aromatic heterocycles. The van der Waals surface area contributed by atoms with Gasteiger partial charge in [0.1, 0.15) is 5.75 Å². The molecule has 0 spiro atoms. The highest BCUT2D eigenvalue weighted by atomic mass is 32.2. The summed E-state index contributed by atoms with van der Waals surface area (Å²) in [4.78, 5) is 24.3. The summed E-state index contributed by atoms with van der Waals surface area (Å²) in [6.45, 7) is 2.02. The Kier molecular flexibility index (Phi) is 9.81. The summed E-state index contributed by atoms with van der Waals surface area (Å²) in [6.07, 6.45) is 6.34. The number of carbonyl (C=O) groups is 1. The predicted molar refractivity (Wildman–Crippen MR) is 188 cm³/mol. The van der Waals surface area contributed by atoms with Crippen LogP contribution in [0.2, 0.25) is 0 Å². The number of benzene rings is 4. The molecule has 2 heterocycles. The molecule has 0 aliphatic rings. The first-order chi connectivity index (χ1) is 24.4. The average molecular weight is 727 g/mol. The summed E-state index contributed by atoms with van der Waals surface area (Å²) in [5.41, 5.74) is 2.39. The number of hydrogen-bond donors (Lipinski definition) is 0. The molecule has 0 fully saturated rings. The van der Waals surface area contributed by atoms with Crippen LogP contribution in [0.3, 0.4) is 0 Å². The van der Waals surface area contributed by atoms with Crippen LogP contribution in [-0.2, 0) is 32.8 Å². The Morgan fingerprint density at radius 1 is 0.686 bits per heavy atom. The maximum Gasteiger partial charge on any atom is 0.257 e. The van der Waals surface area contributed by atoms with Gasteiger partial charge in [0.2, 0.25) is 25.5 Å². The van der Waals surface area contributed by atoms with Crippen molar-refractivity contribution in [2.45, 2.75) is 39.6 Å². The quantitative estimate of drug-likeness (QED) is 0.157. The zero-order valence-electron chi connectivity index (χ0n) is 28.2. The van der Waals surface area contributed by atoms with Crippen LogP contribution in [-0.4, -0.2) is 63.3 Å². The largest absolute Gasteiger partial charge is 0.497 e. The number of sulfone groups is 2. The highest BCUT2D eigenvalue weighted by Crippen LogP contribution is 2.32. The molecular weight excluding hydrogens is 693 g/mol. The van der Waals surface area contributed by atoms with Crippen LogP contribution in [0.5, 0.6) is 17.2 Å². The van der Waals surface area contributed by atoms with Crippen molar-refractivity contribution in [2.75, 3.05) is 21.3 Å². The highest BCUT2D eigenvalue weighted by Gasteiger charge is 2.23. The maximum absolute atomic E-state index is 14.0. The first kappa shape index (κ1) is 35.1. The van der Waals surface area contributed by atoms with E-state index in [9.17, 15) is 21.6 Å². The van der Waals surface area contributed by atoms with E-state index in [1.807, 2.05) is 0 Å². The fourth-order valence-corrected chi connectivity index (χ4v) is 8.20. The van der Waals surface area contributed by atoms with Gasteiger partial charge in [-0.15, -0.1) is 0 Å². The second-order valence-electron chi connectivity index (χ2n) is 11.6. The number of rotatable bonds is 12. The normalized spacial score (nSPS) is 11.7. The van der Waals surface area contributed by atoms with E-state index in [0.29, 0.717) is 34.0 Å². The van der Waals surface area contributed by atoms with Crippen LogP contribution in [0.15, 0.2) is 129 Å². The van der Waals surface area contributed by atoms with Gasteiger partial charge >= 0.3 is 0 Å². The van der Waals surface area contributed by atoms with E-state index in [-0.39, 0.29) is 44.3 Å². The monoisotopic (exact) mass is 726 g/mol. The second-order valence-corrected chi connectivity index (χ2v) is 15.5. The maximum atomic E-state index is 14.0. The highest BCUT2D eigenvalue weighted by molar-refractivity contribution is 7.91. The molecule has 0 saturated heterocycles. The third-order valence-corrected chi connectivity index (χ3v) is 11.7. The van der Waals surface area contributed by atoms with Gasteiger partial charge in [-0.1, -0.05) is 24.3 Å². The Morgan fingerprint density at radius 3 is 1.86 bits per heavy atom. The van der Waals surface area contributed by atoms with Crippen molar-refractivity contribution in [2.24, 2.45) is 0 Å². The van der Waals surface area contributed by atoms with E-state index in [1.165, 1.54) is 76.1 Å². The van der Waals surface area contributed by atoms with E-state index in [0.717, 1.165) is 5.56 Å². The molecule has 0 bridgehead atoms. The molecule has 0 atom stereocenters. The van der Waals surface area contributed by atoms with Crippen LogP contribution in [0.25, 0.3) is 5.78 Å². The van der Waals surface area contributed by atoms with Crippen LogP contribution in [0, 0.1) is 6.92 Å². The molecular formula is C37H34N4O8S2. The molecule has 0 radical (unpaired) electrons. The molecule has 1 amide bonds. The lowest BCUT2D eigenvalue weighted by atomic mass is 10.1. The molecule has 0 unspecified atom stereocenters.